The average Bonchev–Trinajstić information content (AvgIpc) is 3.15. The summed E-state index contributed by atoms with van der Waals surface area (Å²) in [6, 6.07) is 13.7. The van der Waals surface area contributed by atoms with E-state index in [1.807, 2.05) is 18.2 Å². The van der Waals surface area contributed by atoms with Crippen molar-refractivity contribution >= 4 is 23.5 Å². The predicted octanol–water partition coefficient (Wildman–Crippen LogP) is 4.36. The van der Waals surface area contributed by atoms with Crippen LogP contribution in [0.2, 0.25) is 0 Å². The van der Waals surface area contributed by atoms with Crippen LogP contribution >= 0.6 is 12.2 Å². The number of nitrogens with one attached hydrogen (secondary N) is 2. The first-order valence-electron chi connectivity index (χ1n) is 8.17. The number of halogens is 3. The number of benzene rings is 1. The summed E-state index contributed by atoms with van der Waals surface area (Å²) in [7, 11) is 0. The second kappa shape index (κ2) is 8.66. The van der Waals surface area contributed by atoms with Crippen LogP contribution in [0.15, 0.2) is 70.3 Å². The molecule has 0 atom stereocenters. The number of hydrogen-bond acceptors (Lipinski definition) is 4. The van der Waals surface area contributed by atoms with Gasteiger partial charge in [0.25, 0.3) is 0 Å². The van der Waals surface area contributed by atoms with Crippen LogP contribution in [-0.2, 0) is 12.7 Å². The molecule has 144 valence electrons. The van der Waals surface area contributed by atoms with Crippen LogP contribution in [0.5, 0.6) is 0 Å². The van der Waals surface area contributed by atoms with E-state index >= 15 is 0 Å². The molecule has 2 aromatic heterocycles. The molecule has 0 amide bonds. The van der Waals surface area contributed by atoms with Crippen LogP contribution in [0.4, 0.5) is 13.2 Å². The summed E-state index contributed by atoms with van der Waals surface area (Å²) in [4.78, 5) is 4.15. The molecule has 9 heteroatoms. The van der Waals surface area contributed by atoms with Crippen molar-refractivity contribution in [3.05, 3.63) is 77.8 Å². The standard InChI is InChI=1S/C19H15F3N4OS/c20-19(21,22)16-7-2-1-6-15(16)17-9-8-14(27-17)12-25-26-18(28)24-11-13-5-3-4-10-23-13/h1-10,12H,11H2,(H2,24,26,28)/b25-12+. The van der Waals surface area contributed by atoms with Crippen molar-refractivity contribution in [3.63, 3.8) is 0 Å². The zero-order valence-corrected chi connectivity index (χ0v) is 15.2. The fourth-order valence-electron chi connectivity index (χ4n) is 2.38. The number of furan rings is 1. The molecule has 28 heavy (non-hydrogen) atoms. The van der Waals surface area contributed by atoms with Gasteiger partial charge in [0, 0.05) is 11.8 Å². The number of alkyl halides is 3. The topological polar surface area (TPSA) is 62.5 Å². The monoisotopic (exact) mass is 404 g/mol. The Morgan fingerprint density at radius 3 is 2.64 bits per heavy atom. The number of nitrogens with zero attached hydrogens (tertiary/aromatic N) is 2. The van der Waals surface area contributed by atoms with Gasteiger partial charge in [-0.05, 0) is 42.5 Å². The molecule has 1 aromatic carbocycles. The van der Waals surface area contributed by atoms with Crippen molar-refractivity contribution in [2.45, 2.75) is 12.7 Å². The van der Waals surface area contributed by atoms with Gasteiger partial charge in [-0.15, -0.1) is 0 Å². The van der Waals surface area contributed by atoms with E-state index < -0.39 is 11.7 Å². The Morgan fingerprint density at radius 1 is 1.11 bits per heavy atom. The number of rotatable bonds is 5. The molecule has 0 spiro atoms. The third-order valence-electron chi connectivity index (χ3n) is 3.64. The average molecular weight is 404 g/mol. The van der Waals surface area contributed by atoms with Gasteiger partial charge >= 0.3 is 6.18 Å². The number of hydrogen-bond donors (Lipinski definition) is 2. The van der Waals surface area contributed by atoms with Gasteiger partial charge in [0.05, 0.1) is 24.0 Å². The highest BCUT2D eigenvalue weighted by molar-refractivity contribution is 7.80. The van der Waals surface area contributed by atoms with E-state index in [-0.39, 0.29) is 22.2 Å². The van der Waals surface area contributed by atoms with Crippen molar-refractivity contribution in [2.75, 3.05) is 0 Å². The van der Waals surface area contributed by atoms with Gasteiger partial charge in [0.15, 0.2) is 5.11 Å². The van der Waals surface area contributed by atoms with E-state index in [0.29, 0.717) is 6.54 Å². The summed E-state index contributed by atoms with van der Waals surface area (Å²) in [5, 5.41) is 7.12. The first-order valence-corrected chi connectivity index (χ1v) is 8.57. The lowest BCUT2D eigenvalue weighted by atomic mass is 10.1. The molecule has 0 unspecified atom stereocenters. The van der Waals surface area contributed by atoms with E-state index in [4.69, 9.17) is 16.6 Å². The van der Waals surface area contributed by atoms with Crippen LogP contribution in [0.25, 0.3) is 11.3 Å². The summed E-state index contributed by atoms with van der Waals surface area (Å²) < 4.78 is 44.8. The highest BCUT2D eigenvalue weighted by Crippen LogP contribution is 2.37. The largest absolute Gasteiger partial charge is 0.455 e. The molecule has 5 nitrogen and oxygen atoms in total. The fraction of sp³-hybridized carbons (Fsp3) is 0.105. The van der Waals surface area contributed by atoms with Crippen molar-refractivity contribution in [1.29, 1.82) is 0 Å². The van der Waals surface area contributed by atoms with Gasteiger partial charge in [-0.3, -0.25) is 10.4 Å². The van der Waals surface area contributed by atoms with E-state index in [1.165, 1.54) is 36.5 Å². The van der Waals surface area contributed by atoms with Crippen LogP contribution in [0.1, 0.15) is 17.0 Å². The van der Waals surface area contributed by atoms with Crippen LogP contribution in [0.3, 0.4) is 0 Å². The lowest BCUT2D eigenvalue weighted by Crippen LogP contribution is -2.31. The lowest BCUT2D eigenvalue weighted by molar-refractivity contribution is -0.137. The van der Waals surface area contributed by atoms with Gasteiger partial charge in [-0.2, -0.15) is 18.3 Å². The number of pyridine rings is 1. The summed E-state index contributed by atoms with van der Waals surface area (Å²) in [6.07, 6.45) is -1.46. The van der Waals surface area contributed by atoms with E-state index in [2.05, 4.69) is 20.8 Å². The Balaban J connectivity index is 1.60. The number of hydrazone groups is 1. The smallest absolute Gasteiger partial charge is 0.417 e. The molecule has 3 rings (SSSR count). The fourth-order valence-corrected chi connectivity index (χ4v) is 2.50. The Hall–Kier alpha value is -3.20. The summed E-state index contributed by atoms with van der Waals surface area (Å²) in [5.74, 6) is 0.386. The van der Waals surface area contributed by atoms with Gasteiger partial charge in [-0.1, -0.05) is 24.3 Å². The molecule has 0 aliphatic rings. The molecule has 0 radical (unpaired) electrons. The van der Waals surface area contributed by atoms with Crippen LogP contribution in [0, 0.1) is 0 Å². The Bertz CT molecular complexity index is 971. The molecule has 2 N–H and O–H groups in total. The molecule has 0 bridgehead atoms. The van der Waals surface area contributed by atoms with Crippen molar-refractivity contribution in [1.82, 2.24) is 15.7 Å². The maximum Gasteiger partial charge on any atom is 0.417 e. The van der Waals surface area contributed by atoms with Crippen molar-refractivity contribution in [2.24, 2.45) is 5.10 Å². The molecular formula is C19H15F3N4OS. The summed E-state index contributed by atoms with van der Waals surface area (Å²) in [5.41, 5.74) is 2.63. The van der Waals surface area contributed by atoms with Gasteiger partial charge in [0.1, 0.15) is 11.5 Å². The van der Waals surface area contributed by atoms with Crippen LogP contribution < -0.4 is 10.7 Å². The normalized spacial score (nSPS) is 11.5. The molecule has 3 aromatic rings. The molecular weight excluding hydrogens is 389 g/mol. The van der Waals surface area contributed by atoms with E-state index in [1.54, 1.807) is 6.20 Å². The van der Waals surface area contributed by atoms with Crippen molar-refractivity contribution < 1.29 is 17.6 Å². The predicted molar refractivity (Wildman–Crippen MR) is 104 cm³/mol. The maximum atomic E-state index is 13.1. The lowest BCUT2D eigenvalue weighted by Gasteiger charge is -2.10. The first-order chi connectivity index (χ1) is 13.4. The molecule has 0 saturated heterocycles. The van der Waals surface area contributed by atoms with E-state index in [9.17, 15) is 13.2 Å². The minimum atomic E-state index is -4.47. The second-order valence-corrected chi connectivity index (χ2v) is 6.03. The molecule has 0 fully saturated rings. The number of thiocarbonyl (C=S) groups is 1. The van der Waals surface area contributed by atoms with E-state index in [0.717, 1.165) is 11.8 Å². The first kappa shape index (κ1) is 19.6. The van der Waals surface area contributed by atoms with Gasteiger partial charge in [-0.25, -0.2) is 0 Å². The SMILES string of the molecule is FC(F)(F)c1ccccc1-c1ccc(/C=N/NC(=S)NCc2ccccn2)o1. The quantitative estimate of drug-likeness (QED) is 0.376. The maximum absolute atomic E-state index is 13.1. The third kappa shape index (κ3) is 5.17. The third-order valence-corrected chi connectivity index (χ3v) is 3.87. The van der Waals surface area contributed by atoms with Crippen LogP contribution in [-0.4, -0.2) is 16.3 Å². The zero-order valence-electron chi connectivity index (χ0n) is 14.4. The van der Waals surface area contributed by atoms with Gasteiger partial charge < -0.3 is 9.73 Å². The number of aromatic nitrogens is 1. The molecule has 0 saturated carbocycles. The molecule has 2 heterocycles. The highest BCUT2D eigenvalue weighted by Gasteiger charge is 2.34. The summed E-state index contributed by atoms with van der Waals surface area (Å²) in [6.45, 7) is 0.432. The minimum absolute atomic E-state index is 0.0323. The Labute approximate surface area is 164 Å². The molecule has 0 aliphatic heterocycles. The van der Waals surface area contributed by atoms with Gasteiger partial charge in [0.2, 0.25) is 0 Å². The zero-order chi connectivity index (χ0) is 20.0. The minimum Gasteiger partial charge on any atom is -0.455 e. The summed E-state index contributed by atoms with van der Waals surface area (Å²) >= 11 is 5.09. The second-order valence-electron chi connectivity index (χ2n) is 5.62. The van der Waals surface area contributed by atoms with Crippen molar-refractivity contribution in [3.8, 4) is 11.3 Å². The molecule has 0 aliphatic carbocycles. The Morgan fingerprint density at radius 2 is 1.89 bits per heavy atom. The highest BCUT2D eigenvalue weighted by atomic mass is 32.1. The Kier molecular flexibility index (Phi) is 6.05.